The molecule has 1 aromatic rings. The van der Waals surface area contributed by atoms with Gasteiger partial charge in [-0.1, -0.05) is 0 Å². The molecule has 100 valence electrons. The molecule has 0 unspecified atom stereocenters. The zero-order chi connectivity index (χ0) is 12.8. The molecule has 5 heteroatoms. The molecule has 5 nitrogen and oxygen atoms in total. The lowest BCUT2D eigenvalue weighted by Crippen LogP contribution is -2.44. The molecule has 18 heavy (non-hydrogen) atoms. The molecular weight excluding hydrogens is 228 g/mol. The van der Waals surface area contributed by atoms with Crippen LogP contribution in [0, 0.1) is 12.3 Å². The normalized spacial score (nSPS) is 18.6. The molecule has 1 fully saturated rings. The summed E-state index contributed by atoms with van der Waals surface area (Å²) in [7, 11) is 1.77. The number of nitrogens with zero attached hydrogens (tertiary/aromatic N) is 2. The van der Waals surface area contributed by atoms with Crippen LogP contribution in [0.1, 0.15) is 18.4 Å². The van der Waals surface area contributed by atoms with Crippen molar-refractivity contribution in [1.82, 2.24) is 15.3 Å². The lowest BCUT2D eigenvalue weighted by atomic mass is 9.79. The van der Waals surface area contributed by atoms with E-state index in [2.05, 4.69) is 20.6 Å². The van der Waals surface area contributed by atoms with Crippen LogP contribution < -0.4 is 10.6 Å². The summed E-state index contributed by atoms with van der Waals surface area (Å²) in [6.07, 6.45) is 5.92. The number of aryl methyl sites for hydroxylation is 1. The number of nitrogens with one attached hydrogen (secondary N) is 2. The molecule has 2 N–H and O–H groups in total. The maximum absolute atomic E-state index is 5.38. The number of piperidine rings is 1. The lowest BCUT2D eigenvalue weighted by Gasteiger charge is -2.37. The van der Waals surface area contributed by atoms with Crippen molar-refractivity contribution in [1.29, 1.82) is 0 Å². The predicted molar refractivity (Wildman–Crippen MR) is 71.7 cm³/mol. The maximum Gasteiger partial charge on any atom is 0.222 e. The van der Waals surface area contributed by atoms with Crippen LogP contribution in [-0.4, -0.2) is 43.3 Å². The van der Waals surface area contributed by atoms with E-state index in [1.165, 1.54) is 0 Å². The van der Waals surface area contributed by atoms with Crippen LogP contribution in [0.5, 0.6) is 0 Å². The molecule has 0 bridgehead atoms. The van der Waals surface area contributed by atoms with Gasteiger partial charge in [0, 0.05) is 31.5 Å². The van der Waals surface area contributed by atoms with Crippen molar-refractivity contribution >= 4 is 5.95 Å². The van der Waals surface area contributed by atoms with Gasteiger partial charge in [0.1, 0.15) is 0 Å². The van der Waals surface area contributed by atoms with Gasteiger partial charge < -0.3 is 15.4 Å². The number of anilines is 1. The lowest BCUT2D eigenvalue weighted by molar-refractivity contribution is 0.0634. The highest BCUT2D eigenvalue weighted by molar-refractivity contribution is 5.25. The Morgan fingerprint density at radius 1 is 1.33 bits per heavy atom. The topological polar surface area (TPSA) is 59.1 Å². The van der Waals surface area contributed by atoms with Gasteiger partial charge in [-0.2, -0.15) is 0 Å². The Labute approximate surface area is 108 Å². The Kier molecular flexibility index (Phi) is 4.49. The maximum atomic E-state index is 5.38. The van der Waals surface area contributed by atoms with Gasteiger partial charge in [0.15, 0.2) is 0 Å². The van der Waals surface area contributed by atoms with Crippen LogP contribution in [0.2, 0.25) is 0 Å². The molecular formula is C13H22N4O. The van der Waals surface area contributed by atoms with E-state index in [-0.39, 0.29) is 5.41 Å². The zero-order valence-corrected chi connectivity index (χ0v) is 11.2. The zero-order valence-electron chi connectivity index (χ0n) is 11.2. The third kappa shape index (κ3) is 3.40. The first-order chi connectivity index (χ1) is 8.74. The molecule has 0 aliphatic carbocycles. The third-order valence-electron chi connectivity index (χ3n) is 3.52. The van der Waals surface area contributed by atoms with Gasteiger partial charge in [0.2, 0.25) is 5.95 Å². The Morgan fingerprint density at radius 2 is 2.00 bits per heavy atom. The van der Waals surface area contributed by atoms with Crippen molar-refractivity contribution in [2.75, 3.05) is 38.7 Å². The van der Waals surface area contributed by atoms with Gasteiger partial charge in [-0.25, -0.2) is 9.97 Å². The highest BCUT2D eigenvalue weighted by Crippen LogP contribution is 2.29. The number of rotatable bonds is 5. The van der Waals surface area contributed by atoms with Gasteiger partial charge in [-0.15, -0.1) is 0 Å². The highest BCUT2D eigenvalue weighted by atomic mass is 16.5. The SMILES string of the molecule is COCC1(CNc2ncc(C)cn2)CCNCC1. The van der Waals surface area contributed by atoms with E-state index in [1.54, 1.807) is 7.11 Å². The summed E-state index contributed by atoms with van der Waals surface area (Å²) in [5.74, 6) is 0.703. The van der Waals surface area contributed by atoms with Gasteiger partial charge in [0.05, 0.1) is 6.61 Å². The molecule has 0 radical (unpaired) electrons. The van der Waals surface area contributed by atoms with Crippen molar-refractivity contribution in [3.05, 3.63) is 18.0 Å². The van der Waals surface area contributed by atoms with E-state index >= 15 is 0 Å². The van der Waals surface area contributed by atoms with E-state index in [9.17, 15) is 0 Å². The summed E-state index contributed by atoms with van der Waals surface area (Å²) in [5, 5.41) is 6.73. The Hall–Kier alpha value is -1.20. The van der Waals surface area contributed by atoms with E-state index in [0.717, 1.165) is 44.6 Å². The quantitative estimate of drug-likeness (QED) is 0.822. The summed E-state index contributed by atoms with van der Waals surface area (Å²) < 4.78 is 5.38. The first-order valence-electron chi connectivity index (χ1n) is 6.46. The van der Waals surface area contributed by atoms with Crippen LogP contribution in [0.3, 0.4) is 0 Å². The Balaban J connectivity index is 1.94. The van der Waals surface area contributed by atoms with Crippen LogP contribution in [0.25, 0.3) is 0 Å². The molecule has 1 saturated heterocycles. The fourth-order valence-electron chi connectivity index (χ4n) is 2.39. The molecule has 1 aromatic heterocycles. The van der Waals surface area contributed by atoms with Crippen LogP contribution >= 0.6 is 0 Å². The number of methoxy groups -OCH3 is 1. The molecule has 1 aliphatic rings. The summed E-state index contributed by atoms with van der Waals surface area (Å²) >= 11 is 0. The summed E-state index contributed by atoms with van der Waals surface area (Å²) in [4.78, 5) is 8.55. The van der Waals surface area contributed by atoms with Crippen LogP contribution in [-0.2, 0) is 4.74 Å². The van der Waals surface area contributed by atoms with Crippen LogP contribution in [0.4, 0.5) is 5.95 Å². The number of ether oxygens (including phenoxy) is 1. The van der Waals surface area contributed by atoms with E-state index in [1.807, 2.05) is 19.3 Å². The first kappa shape index (κ1) is 13.2. The van der Waals surface area contributed by atoms with E-state index in [0.29, 0.717) is 5.95 Å². The average molecular weight is 250 g/mol. The predicted octanol–water partition coefficient (Wildman–Crippen LogP) is 1.21. The molecule has 0 aromatic carbocycles. The monoisotopic (exact) mass is 250 g/mol. The van der Waals surface area contributed by atoms with Gasteiger partial charge in [-0.3, -0.25) is 0 Å². The van der Waals surface area contributed by atoms with Crippen molar-refractivity contribution in [3.63, 3.8) is 0 Å². The van der Waals surface area contributed by atoms with Crippen molar-refractivity contribution in [3.8, 4) is 0 Å². The molecule has 1 aliphatic heterocycles. The van der Waals surface area contributed by atoms with Crippen LogP contribution in [0.15, 0.2) is 12.4 Å². The standard InChI is InChI=1S/C13H22N4O/c1-11-7-15-12(16-8-11)17-9-13(10-18-2)3-5-14-6-4-13/h7-8,14H,3-6,9-10H2,1-2H3,(H,15,16,17). The third-order valence-corrected chi connectivity index (χ3v) is 3.52. The minimum Gasteiger partial charge on any atom is -0.384 e. The fourth-order valence-corrected chi connectivity index (χ4v) is 2.39. The van der Waals surface area contributed by atoms with Gasteiger partial charge >= 0.3 is 0 Å². The molecule has 0 spiro atoms. The number of hydrogen-bond acceptors (Lipinski definition) is 5. The molecule has 0 atom stereocenters. The second-order valence-electron chi connectivity index (χ2n) is 5.12. The Bertz CT molecular complexity index is 354. The molecule has 0 saturated carbocycles. The largest absolute Gasteiger partial charge is 0.384 e. The van der Waals surface area contributed by atoms with Crippen molar-refractivity contribution in [2.45, 2.75) is 19.8 Å². The summed E-state index contributed by atoms with van der Waals surface area (Å²) in [5.41, 5.74) is 1.28. The van der Waals surface area contributed by atoms with Gasteiger partial charge in [-0.05, 0) is 38.4 Å². The van der Waals surface area contributed by atoms with Crippen molar-refractivity contribution in [2.24, 2.45) is 5.41 Å². The Morgan fingerprint density at radius 3 is 2.61 bits per heavy atom. The second kappa shape index (κ2) is 6.11. The van der Waals surface area contributed by atoms with Crippen molar-refractivity contribution < 1.29 is 4.74 Å². The molecule has 0 amide bonds. The fraction of sp³-hybridized carbons (Fsp3) is 0.692. The van der Waals surface area contributed by atoms with Gasteiger partial charge in [0.25, 0.3) is 0 Å². The molecule has 2 heterocycles. The minimum atomic E-state index is 0.203. The highest BCUT2D eigenvalue weighted by Gasteiger charge is 2.32. The molecule has 2 rings (SSSR count). The second-order valence-corrected chi connectivity index (χ2v) is 5.12. The smallest absolute Gasteiger partial charge is 0.222 e. The summed E-state index contributed by atoms with van der Waals surface area (Å²) in [6, 6.07) is 0. The number of hydrogen-bond donors (Lipinski definition) is 2. The average Bonchev–Trinajstić information content (AvgIpc) is 2.40. The number of aromatic nitrogens is 2. The van der Waals surface area contributed by atoms with E-state index in [4.69, 9.17) is 4.74 Å². The minimum absolute atomic E-state index is 0.203. The summed E-state index contributed by atoms with van der Waals surface area (Å²) in [6.45, 7) is 5.75. The van der Waals surface area contributed by atoms with E-state index < -0.39 is 0 Å². The first-order valence-corrected chi connectivity index (χ1v) is 6.46.